The first-order valence-electron chi connectivity index (χ1n) is 6.25. The molecule has 0 fully saturated rings. The zero-order valence-corrected chi connectivity index (χ0v) is 11.9. The molecule has 1 amide bonds. The average molecular weight is 283 g/mol. The third-order valence-electron chi connectivity index (χ3n) is 2.62. The summed E-state index contributed by atoms with van der Waals surface area (Å²) in [5.41, 5.74) is 0.0169. The van der Waals surface area contributed by atoms with Crippen molar-refractivity contribution in [3.63, 3.8) is 0 Å². The van der Waals surface area contributed by atoms with Crippen LogP contribution in [-0.2, 0) is 11.2 Å². The maximum Gasteiger partial charge on any atom is 0.230 e. The molecule has 0 aromatic heterocycles. The smallest absolute Gasteiger partial charge is 0.230 e. The minimum Gasteiger partial charge on any atom is -0.393 e. The molecule has 0 aliphatic carbocycles. The van der Waals surface area contributed by atoms with Crippen LogP contribution in [0.5, 0.6) is 0 Å². The molecule has 106 valence electrons. The van der Waals surface area contributed by atoms with E-state index in [0.717, 1.165) is 12.2 Å². The minimum absolute atomic E-state index is 0.0710. The van der Waals surface area contributed by atoms with Gasteiger partial charge in [0.25, 0.3) is 0 Å². The predicted molar refractivity (Wildman–Crippen MR) is 78.2 cm³/mol. The number of hydrogen-bond acceptors (Lipinski definition) is 4. The number of benzene rings is 1. The van der Waals surface area contributed by atoms with Crippen molar-refractivity contribution in [3.05, 3.63) is 35.9 Å². The van der Waals surface area contributed by atoms with E-state index in [1.165, 1.54) is 12.5 Å². The lowest BCUT2D eigenvalue weighted by Crippen LogP contribution is -2.43. The summed E-state index contributed by atoms with van der Waals surface area (Å²) >= 11 is 1.56. The first-order valence-corrected chi connectivity index (χ1v) is 7.40. The van der Waals surface area contributed by atoms with Gasteiger partial charge in [-0.05, 0) is 24.7 Å². The molecular formula is C14H21NO3S. The molecular weight excluding hydrogens is 262 g/mol. The molecule has 0 aliphatic heterocycles. The Morgan fingerprint density at radius 2 is 2.05 bits per heavy atom. The molecule has 5 heteroatoms. The molecule has 1 unspecified atom stereocenters. The van der Waals surface area contributed by atoms with E-state index in [4.69, 9.17) is 5.11 Å². The fraction of sp³-hybridized carbons (Fsp3) is 0.500. The molecule has 19 heavy (non-hydrogen) atoms. The summed E-state index contributed by atoms with van der Waals surface area (Å²) < 4.78 is 0. The SMILES string of the molecule is CC(O)(CO)CNC(=O)CSCCc1ccccc1. The van der Waals surface area contributed by atoms with Crippen LogP contribution in [-0.4, -0.2) is 46.4 Å². The summed E-state index contributed by atoms with van der Waals surface area (Å²) in [4.78, 5) is 11.5. The van der Waals surface area contributed by atoms with Crippen molar-refractivity contribution in [1.29, 1.82) is 0 Å². The van der Waals surface area contributed by atoms with Gasteiger partial charge in [-0.3, -0.25) is 4.79 Å². The Morgan fingerprint density at radius 1 is 1.37 bits per heavy atom. The molecule has 0 spiro atoms. The highest BCUT2D eigenvalue weighted by molar-refractivity contribution is 7.99. The lowest BCUT2D eigenvalue weighted by atomic mass is 10.1. The van der Waals surface area contributed by atoms with Crippen LogP contribution in [0.4, 0.5) is 0 Å². The lowest BCUT2D eigenvalue weighted by molar-refractivity contribution is -0.120. The summed E-state index contributed by atoms with van der Waals surface area (Å²) in [5, 5.41) is 21.0. The molecule has 4 nitrogen and oxygen atoms in total. The van der Waals surface area contributed by atoms with E-state index < -0.39 is 5.60 Å². The van der Waals surface area contributed by atoms with Crippen molar-refractivity contribution in [2.45, 2.75) is 18.9 Å². The molecule has 1 atom stereocenters. The third kappa shape index (κ3) is 7.20. The molecule has 0 saturated carbocycles. The van der Waals surface area contributed by atoms with Crippen LogP contribution in [0.15, 0.2) is 30.3 Å². The summed E-state index contributed by atoms with van der Waals surface area (Å²) in [7, 11) is 0. The Kier molecular flexibility index (Phi) is 6.91. The van der Waals surface area contributed by atoms with Crippen molar-refractivity contribution in [1.82, 2.24) is 5.32 Å². The van der Waals surface area contributed by atoms with Crippen LogP contribution >= 0.6 is 11.8 Å². The van der Waals surface area contributed by atoms with Crippen molar-refractivity contribution in [3.8, 4) is 0 Å². The number of thioether (sulfide) groups is 1. The number of aryl methyl sites for hydroxylation is 1. The van der Waals surface area contributed by atoms with E-state index in [1.807, 2.05) is 18.2 Å². The van der Waals surface area contributed by atoms with E-state index in [2.05, 4.69) is 17.4 Å². The van der Waals surface area contributed by atoms with E-state index >= 15 is 0 Å². The van der Waals surface area contributed by atoms with Gasteiger partial charge in [-0.15, -0.1) is 0 Å². The second kappa shape index (κ2) is 8.19. The van der Waals surface area contributed by atoms with Crippen LogP contribution in [0.3, 0.4) is 0 Å². The fourth-order valence-electron chi connectivity index (χ4n) is 1.40. The molecule has 1 aromatic carbocycles. The van der Waals surface area contributed by atoms with E-state index in [9.17, 15) is 9.90 Å². The predicted octanol–water partition coefficient (Wildman–Crippen LogP) is 0.822. The topological polar surface area (TPSA) is 69.6 Å². The second-order valence-electron chi connectivity index (χ2n) is 4.72. The highest BCUT2D eigenvalue weighted by atomic mass is 32.2. The Hall–Kier alpha value is -1.04. The Bertz CT molecular complexity index is 382. The Labute approximate surface area is 118 Å². The molecule has 0 saturated heterocycles. The lowest BCUT2D eigenvalue weighted by Gasteiger charge is -2.20. The zero-order valence-electron chi connectivity index (χ0n) is 11.1. The largest absolute Gasteiger partial charge is 0.393 e. The van der Waals surface area contributed by atoms with E-state index in [1.54, 1.807) is 11.8 Å². The highest BCUT2D eigenvalue weighted by Gasteiger charge is 2.19. The van der Waals surface area contributed by atoms with Crippen LogP contribution in [0.2, 0.25) is 0 Å². The van der Waals surface area contributed by atoms with Gasteiger partial charge in [0, 0.05) is 6.54 Å². The van der Waals surface area contributed by atoms with Gasteiger partial charge < -0.3 is 15.5 Å². The first-order chi connectivity index (χ1) is 9.03. The van der Waals surface area contributed by atoms with Crippen molar-refractivity contribution in [2.75, 3.05) is 24.7 Å². The van der Waals surface area contributed by atoms with Gasteiger partial charge in [0.15, 0.2) is 0 Å². The standard InChI is InChI=1S/C14H21NO3S/c1-14(18,11-16)10-15-13(17)9-19-8-7-12-5-3-2-4-6-12/h2-6,16,18H,7-11H2,1H3,(H,15,17). The highest BCUT2D eigenvalue weighted by Crippen LogP contribution is 2.07. The Balaban J connectivity index is 2.11. The monoisotopic (exact) mass is 283 g/mol. The molecule has 0 radical (unpaired) electrons. The fourth-order valence-corrected chi connectivity index (χ4v) is 2.21. The second-order valence-corrected chi connectivity index (χ2v) is 5.83. The van der Waals surface area contributed by atoms with Gasteiger partial charge in [0.2, 0.25) is 5.91 Å². The maximum atomic E-state index is 11.5. The van der Waals surface area contributed by atoms with Crippen molar-refractivity contribution >= 4 is 17.7 Å². The van der Waals surface area contributed by atoms with Gasteiger partial charge in [0.1, 0.15) is 5.60 Å². The molecule has 1 rings (SSSR count). The van der Waals surface area contributed by atoms with Crippen LogP contribution < -0.4 is 5.32 Å². The number of rotatable bonds is 8. The number of carbonyl (C=O) groups is 1. The van der Waals surface area contributed by atoms with Gasteiger partial charge in [-0.2, -0.15) is 11.8 Å². The van der Waals surface area contributed by atoms with Crippen LogP contribution in [0, 0.1) is 0 Å². The zero-order chi connectivity index (χ0) is 14.1. The van der Waals surface area contributed by atoms with Gasteiger partial charge in [-0.25, -0.2) is 0 Å². The summed E-state index contributed by atoms with van der Waals surface area (Å²) in [6.45, 7) is 1.19. The number of amides is 1. The molecule has 0 heterocycles. The quantitative estimate of drug-likeness (QED) is 0.618. The molecule has 1 aromatic rings. The number of aliphatic hydroxyl groups excluding tert-OH is 1. The maximum absolute atomic E-state index is 11.5. The summed E-state index contributed by atoms with van der Waals surface area (Å²) in [5.74, 6) is 1.13. The summed E-state index contributed by atoms with van der Waals surface area (Å²) in [6.07, 6.45) is 0.938. The molecule has 0 aliphatic rings. The van der Waals surface area contributed by atoms with Gasteiger partial charge in [-0.1, -0.05) is 30.3 Å². The normalized spacial score (nSPS) is 13.8. The van der Waals surface area contributed by atoms with Crippen LogP contribution in [0.25, 0.3) is 0 Å². The van der Waals surface area contributed by atoms with Crippen LogP contribution in [0.1, 0.15) is 12.5 Å². The average Bonchev–Trinajstić information content (AvgIpc) is 2.43. The Morgan fingerprint density at radius 3 is 2.68 bits per heavy atom. The number of carbonyl (C=O) groups excluding carboxylic acids is 1. The summed E-state index contributed by atoms with van der Waals surface area (Å²) in [6, 6.07) is 10.1. The van der Waals surface area contributed by atoms with Gasteiger partial charge >= 0.3 is 0 Å². The van der Waals surface area contributed by atoms with Crippen molar-refractivity contribution < 1.29 is 15.0 Å². The van der Waals surface area contributed by atoms with Gasteiger partial charge in [0.05, 0.1) is 12.4 Å². The number of hydrogen-bond donors (Lipinski definition) is 3. The third-order valence-corrected chi connectivity index (χ3v) is 3.58. The molecule has 3 N–H and O–H groups in total. The molecule has 0 bridgehead atoms. The van der Waals surface area contributed by atoms with E-state index in [-0.39, 0.29) is 19.1 Å². The number of nitrogens with one attached hydrogen (secondary N) is 1. The number of aliphatic hydroxyl groups is 2. The minimum atomic E-state index is -1.25. The van der Waals surface area contributed by atoms with E-state index in [0.29, 0.717) is 5.75 Å². The van der Waals surface area contributed by atoms with Crippen molar-refractivity contribution in [2.24, 2.45) is 0 Å². The first kappa shape index (κ1) is 16.0.